The van der Waals surface area contributed by atoms with E-state index in [0.717, 1.165) is 5.82 Å². The molecular weight excluding hydrogens is 288 g/mol. The maximum Gasteiger partial charge on any atom is 0.180 e. The highest BCUT2D eigenvalue weighted by molar-refractivity contribution is 7.91. The summed E-state index contributed by atoms with van der Waals surface area (Å²) in [4.78, 5) is 4.38. The number of rotatable bonds is 6. The molecule has 6 nitrogen and oxygen atoms in total. The monoisotopic (exact) mass is 304 g/mol. The number of hydrogen-bond acceptors (Lipinski definition) is 5. The summed E-state index contributed by atoms with van der Waals surface area (Å²) in [7, 11) is -3.38. The van der Waals surface area contributed by atoms with Gasteiger partial charge in [0.15, 0.2) is 9.84 Å². The fourth-order valence-electron chi connectivity index (χ4n) is 1.97. The first-order valence-corrected chi connectivity index (χ1v) is 8.15. The van der Waals surface area contributed by atoms with Crippen molar-refractivity contribution in [2.75, 3.05) is 12.3 Å². The van der Waals surface area contributed by atoms with E-state index in [1.807, 2.05) is 6.07 Å². The van der Waals surface area contributed by atoms with Gasteiger partial charge in [-0.05, 0) is 30.8 Å². The van der Waals surface area contributed by atoms with Crippen molar-refractivity contribution in [3.05, 3.63) is 48.0 Å². The molecule has 7 heteroatoms. The smallest absolute Gasteiger partial charge is 0.180 e. The van der Waals surface area contributed by atoms with Crippen molar-refractivity contribution in [3.8, 4) is 6.07 Å². The number of hydrogen-bond donors (Lipinski definition) is 1. The normalized spacial score (nSPS) is 11.2. The van der Waals surface area contributed by atoms with E-state index in [1.165, 1.54) is 24.3 Å². The molecule has 1 aromatic carbocycles. The lowest BCUT2D eigenvalue weighted by Gasteiger charge is -2.08. The van der Waals surface area contributed by atoms with Gasteiger partial charge in [-0.1, -0.05) is 0 Å². The summed E-state index contributed by atoms with van der Waals surface area (Å²) in [5.74, 6) is 0.764. The van der Waals surface area contributed by atoms with Crippen LogP contribution in [0.3, 0.4) is 0 Å². The van der Waals surface area contributed by atoms with E-state index >= 15 is 0 Å². The number of sulfone groups is 1. The van der Waals surface area contributed by atoms with Gasteiger partial charge in [0.2, 0.25) is 0 Å². The Kier molecular flexibility index (Phi) is 4.73. The lowest BCUT2D eigenvalue weighted by molar-refractivity contribution is 0.586. The molecule has 1 heterocycles. The van der Waals surface area contributed by atoms with E-state index in [-0.39, 0.29) is 10.6 Å². The minimum Gasteiger partial charge on any atom is -0.334 e. The summed E-state index contributed by atoms with van der Waals surface area (Å²) in [6.45, 7) is 0.803. The van der Waals surface area contributed by atoms with E-state index in [0.29, 0.717) is 25.1 Å². The number of benzene rings is 1. The Balaban J connectivity index is 2.10. The van der Waals surface area contributed by atoms with Gasteiger partial charge in [-0.25, -0.2) is 13.4 Å². The summed E-state index contributed by atoms with van der Waals surface area (Å²) in [5.41, 5.74) is 5.93. The molecule has 0 spiro atoms. The van der Waals surface area contributed by atoms with Crippen LogP contribution in [0, 0.1) is 11.3 Å². The molecule has 0 unspecified atom stereocenters. The first-order valence-electron chi connectivity index (χ1n) is 6.50. The van der Waals surface area contributed by atoms with Crippen LogP contribution in [0.2, 0.25) is 0 Å². The zero-order chi connectivity index (χ0) is 15.3. The van der Waals surface area contributed by atoms with Gasteiger partial charge in [0.1, 0.15) is 5.82 Å². The van der Waals surface area contributed by atoms with Gasteiger partial charge < -0.3 is 10.3 Å². The topological polar surface area (TPSA) is 102 Å². The fourth-order valence-corrected chi connectivity index (χ4v) is 3.20. The highest BCUT2D eigenvalue weighted by Gasteiger charge is 2.15. The van der Waals surface area contributed by atoms with E-state index < -0.39 is 9.84 Å². The summed E-state index contributed by atoms with van der Waals surface area (Å²) in [6, 6.07) is 7.89. The van der Waals surface area contributed by atoms with Crippen LogP contribution < -0.4 is 5.73 Å². The Hall–Kier alpha value is -2.17. The zero-order valence-electron chi connectivity index (χ0n) is 11.4. The van der Waals surface area contributed by atoms with Gasteiger partial charge in [-0.2, -0.15) is 5.26 Å². The Labute approximate surface area is 123 Å². The number of aromatic nitrogens is 2. The molecule has 110 valence electrons. The lowest BCUT2D eigenvalue weighted by atomic mass is 10.2. The first kappa shape index (κ1) is 15.2. The molecule has 0 aliphatic heterocycles. The summed E-state index contributed by atoms with van der Waals surface area (Å²) >= 11 is 0. The molecule has 2 aromatic rings. The van der Waals surface area contributed by atoms with E-state index in [2.05, 4.69) is 4.98 Å². The van der Waals surface area contributed by atoms with E-state index in [1.54, 1.807) is 17.0 Å². The van der Waals surface area contributed by atoms with Crippen LogP contribution in [0.4, 0.5) is 0 Å². The number of nitriles is 1. The lowest BCUT2D eigenvalue weighted by Crippen LogP contribution is -2.16. The van der Waals surface area contributed by atoms with Crippen molar-refractivity contribution in [2.24, 2.45) is 5.73 Å². The highest BCUT2D eigenvalue weighted by Crippen LogP contribution is 2.13. The van der Waals surface area contributed by atoms with Crippen LogP contribution in [-0.4, -0.2) is 30.3 Å². The fraction of sp³-hybridized carbons (Fsp3) is 0.286. The SMILES string of the molecule is N#Cc1ccc(S(=O)(=O)CCn2ccnc2CCN)cc1. The minimum absolute atomic E-state index is 0.0210. The molecule has 0 fully saturated rings. The minimum atomic E-state index is -3.38. The van der Waals surface area contributed by atoms with Crippen LogP contribution in [-0.2, 0) is 22.8 Å². The Morgan fingerprint density at radius 1 is 1.29 bits per heavy atom. The first-order chi connectivity index (χ1) is 10.1. The molecule has 0 aliphatic carbocycles. The van der Waals surface area contributed by atoms with Gasteiger partial charge in [0, 0.05) is 25.4 Å². The Bertz CT molecular complexity index is 742. The number of imidazole rings is 1. The molecule has 1 aromatic heterocycles. The van der Waals surface area contributed by atoms with E-state index in [9.17, 15) is 8.42 Å². The maximum atomic E-state index is 12.3. The van der Waals surface area contributed by atoms with Crippen molar-refractivity contribution in [2.45, 2.75) is 17.9 Å². The predicted molar refractivity (Wildman–Crippen MR) is 78.2 cm³/mol. The molecule has 0 saturated carbocycles. The van der Waals surface area contributed by atoms with Crippen molar-refractivity contribution in [1.29, 1.82) is 5.26 Å². The second-order valence-corrected chi connectivity index (χ2v) is 6.64. The van der Waals surface area contributed by atoms with Crippen molar-refractivity contribution in [3.63, 3.8) is 0 Å². The van der Waals surface area contributed by atoms with Crippen LogP contribution in [0.15, 0.2) is 41.6 Å². The summed E-state index contributed by atoms with van der Waals surface area (Å²) in [5, 5.41) is 8.72. The number of aryl methyl sites for hydroxylation is 1. The largest absolute Gasteiger partial charge is 0.334 e. The van der Waals surface area contributed by atoms with Crippen molar-refractivity contribution >= 4 is 9.84 Å². The van der Waals surface area contributed by atoms with Gasteiger partial charge in [0.25, 0.3) is 0 Å². The highest BCUT2D eigenvalue weighted by atomic mass is 32.2. The standard InChI is InChI=1S/C14H16N4O2S/c15-6-5-14-17-7-8-18(14)9-10-21(19,20)13-3-1-12(11-16)2-4-13/h1-4,7-8H,5-6,9-10,15H2. The number of nitrogens with zero attached hydrogens (tertiary/aromatic N) is 3. The van der Waals surface area contributed by atoms with Crippen molar-refractivity contribution < 1.29 is 8.42 Å². The quantitative estimate of drug-likeness (QED) is 0.847. The van der Waals surface area contributed by atoms with E-state index in [4.69, 9.17) is 11.0 Å². The van der Waals surface area contributed by atoms with Crippen LogP contribution in [0.1, 0.15) is 11.4 Å². The van der Waals surface area contributed by atoms with Crippen molar-refractivity contribution in [1.82, 2.24) is 9.55 Å². The Morgan fingerprint density at radius 3 is 2.62 bits per heavy atom. The molecular formula is C14H16N4O2S. The summed E-state index contributed by atoms with van der Waals surface area (Å²) in [6.07, 6.45) is 4.00. The van der Waals surface area contributed by atoms with Crippen LogP contribution in [0.5, 0.6) is 0 Å². The molecule has 0 aliphatic rings. The second-order valence-electron chi connectivity index (χ2n) is 4.53. The molecule has 2 N–H and O–H groups in total. The molecule has 0 saturated heterocycles. The average molecular weight is 304 g/mol. The van der Waals surface area contributed by atoms with Gasteiger partial charge in [-0.3, -0.25) is 0 Å². The van der Waals surface area contributed by atoms with Gasteiger partial charge in [-0.15, -0.1) is 0 Å². The third-order valence-corrected chi connectivity index (χ3v) is 4.82. The maximum absolute atomic E-state index is 12.3. The second kappa shape index (κ2) is 6.52. The summed E-state index contributed by atoms with van der Waals surface area (Å²) < 4.78 is 26.3. The molecule has 21 heavy (non-hydrogen) atoms. The zero-order valence-corrected chi connectivity index (χ0v) is 12.3. The molecule has 2 rings (SSSR count). The molecule has 0 amide bonds. The molecule has 0 bridgehead atoms. The van der Waals surface area contributed by atoms with Crippen LogP contribution in [0.25, 0.3) is 0 Å². The molecule has 0 atom stereocenters. The average Bonchev–Trinajstić information content (AvgIpc) is 2.93. The van der Waals surface area contributed by atoms with Crippen LogP contribution >= 0.6 is 0 Å². The molecule has 0 radical (unpaired) electrons. The predicted octanol–water partition coefficient (Wildman–Crippen LogP) is 0.730. The van der Waals surface area contributed by atoms with Gasteiger partial charge >= 0.3 is 0 Å². The third-order valence-electron chi connectivity index (χ3n) is 3.11. The number of nitrogens with two attached hydrogens (primary N) is 1. The van der Waals surface area contributed by atoms with Gasteiger partial charge in [0.05, 0.1) is 22.3 Å². The Morgan fingerprint density at radius 2 is 2.00 bits per heavy atom. The third kappa shape index (κ3) is 3.68.